The van der Waals surface area contributed by atoms with Crippen LogP contribution in [0.5, 0.6) is 23.0 Å². The summed E-state index contributed by atoms with van der Waals surface area (Å²) in [4.78, 5) is 12.8. The first-order valence-electron chi connectivity index (χ1n) is 18.0. The summed E-state index contributed by atoms with van der Waals surface area (Å²) in [5, 5.41) is 10.7. The Morgan fingerprint density at radius 2 is 1.16 bits per heavy atom. The number of ketones is 1. The molecule has 267 valence electrons. The van der Waals surface area contributed by atoms with Crippen molar-refractivity contribution in [2.75, 3.05) is 0 Å². The zero-order valence-electron chi connectivity index (χ0n) is 30.3. The maximum atomic E-state index is 13.2. The molecule has 3 unspecified atom stereocenters. The van der Waals surface area contributed by atoms with Crippen LogP contribution in [-0.4, -0.2) is 31.9 Å². The maximum Gasteiger partial charge on any atom is 1.00 e. The molecule has 2 saturated carbocycles. The second-order valence-corrected chi connectivity index (χ2v) is 14.9. The van der Waals surface area contributed by atoms with Gasteiger partial charge in [-0.25, -0.2) is 0 Å². The van der Waals surface area contributed by atoms with Crippen LogP contribution >= 0.6 is 0 Å². The van der Waals surface area contributed by atoms with Crippen LogP contribution in [0.3, 0.4) is 0 Å². The SMILES string of the molecule is CCCC1CCC(C2Cc3cc4c(cc3C2=O)OC(F)(F)O4)CC1.CCCC1CCC(C2Cc3cc4c(cc3C2O)OC(F)(F)O4)CC1.[B].[H-].[Na+]. The van der Waals surface area contributed by atoms with E-state index in [4.69, 9.17) is 0 Å². The Balaban J connectivity index is 0.000000216. The summed E-state index contributed by atoms with van der Waals surface area (Å²) >= 11 is 0. The average molecular weight is 710 g/mol. The van der Waals surface area contributed by atoms with Gasteiger partial charge in [0.05, 0.1) is 6.10 Å². The van der Waals surface area contributed by atoms with Crippen LogP contribution in [0.2, 0.25) is 0 Å². The van der Waals surface area contributed by atoms with Gasteiger partial charge >= 0.3 is 42.1 Å². The maximum absolute atomic E-state index is 13.2. The molecule has 2 aromatic rings. The van der Waals surface area contributed by atoms with Crippen LogP contribution in [0.4, 0.5) is 17.6 Å². The van der Waals surface area contributed by atoms with E-state index in [1.807, 2.05) is 0 Å². The summed E-state index contributed by atoms with van der Waals surface area (Å²) in [5.74, 6) is 2.95. The van der Waals surface area contributed by atoms with Crippen LogP contribution in [0.25, 0.3) is 0 Å². The first-order chi connectivity index (χ1) is 22.9. The number of alkyl halides is 4. The number of aliphatic hydroxyl groups excluding tert-OH is 1. The number of rotatable bonds is 6. The zero-order chi connectivity index (χ0) is 33.8. The average Bonchev–Trinajstić information content (AvgIpc) is 3.74. The number of carbonyl (C=O) groups is 1. The number of aliphatic hydroxyl groups is 1. The van der Waals surface area contributed by atoms with Crippen LogP contribution < -0.4 is 48.5 Å². The molecule has 0 saturated heterocycles. The molecule has 8 rings (SSSR count). The van der Waals surface area contributed by atoms with Crippen molar-refractivity contribution in [1.29, 1.82) is 0 Å². The summed E-state index contributed by atoms with van der Waals surface area (Å²) in [6.45, 7) is 4.45. The van der Waals surface area contributed by atoms with Crippen LogP contribution in [0.1, 0.15) is 125 Å². The van der Waals surface area contributed by atoms with Gasteiger partial charge < -0.3 is 25.5 Å². The fraction of sp³-hybridized carbons (Fsp3) is 0.658. The quantitative estimate of drug-likeness (QED) is 0.272. The van der Waals surface area contributed by atoms with E-state index in [0.717, 1.165) is 60.6 Å². The summed E-state index contributed by atoms with van der Waals surface area (Å²) < 4.78 is 70.7. The fourth-order valence-corrected chi connectivity index (χ4v) is 9.47. The smallest absolute Gasteiger partial charge is 1.00 e. The topological polar surface area (TPSA) is 74.2 Å². The molecule has 12 heteroatoms. The van der Waals surface area contributed by atoms with E-state index in [-0.39, 0.29) is 80.0 Å². The molecule has 2 fully saturated rings. The number of benzene rings is 2. The number of hydrogen-bond donors (Lipinski definition) is 1. The predicted octanol–water partition coefficient (Wildman–Crippen LogP) is 6.53. The van der Waals surface area contributed by atoms with E-state index in [1.165, 1.54) is 57.4 Å². The Labute approximate surface area is 317 Å². The van der Waals surface area contributed by atoms with E-state index in [0.29, 0.717) is 23.8 Å². The first kappa shape index (κ1) is 39.3. The molecule has 0 spiro atoms. The third-order valence-corrected chi connectivity index (χ3v) is 11.9. The molecule has 6 nitrogen and oxygen atoms in total. The zero-order valence-corrected chi connectivity index (χ0v) is 31.3. The van der Waals surface area contributed by atoms with Crippen molar-refractivity contribution in [2.45, 2.75) is 122 Å². The van der Waals surface area contributed by atoms with Crippen molar-refractivity contribution in [3.8, 4) is 23.0 Å². The normalized spacial score (nSPS) is 30.7. The standard InChI is InChI=1S/C19H24F2O3.C19H22F2O3.B.Na.H/c2*1-2-3-11-4-6-12(7-5-11)14-8-13-9-16-17(10-15(13)18(14)22)24-19(20,21)23-16;;;/h9-12,14,18,22H,2-8H2,1H3;9-12,14H,2-8H2,1H3;;;/q;;;+1;-1. The summed E-state index contributed by atoms with van der Waals surface area (Å²) in [6.07, 6.45) is 8.00. The molecule has 6 aliphatic rings. The van der Waals surface area contributed by atoms with Crippen LogP contribution in [-0.2, 0) is 12.8 Å². The number of carbonyl (C=O) groups excluding carboxylic acids is 1. The van der Waals surface area contributed by atoms with Crippen molar-refractivity contribution in [3.05, 3.63) is 46.5 Å². The van der Waals surface area contributed by atoms with Crippen LogP contribution in [0.15, 0.2) is 24.3 Å². The second kappa shape index (κ2) is 15.6. The Morgan fingerprint density at radius 1 is 0.700 bits per heavy atom. The Hall–Kier alpha value is -1.95. The van der Waals surface area contributed by atoms with E-state index < -0.39 is 18.7 Å². The minimum atomic E-state index is -3.63. The first-order valence-corrected chi connectivity index (χ1v) is 18.0. The molecule has 3 atom stereocenters. The third-order valence-electron chi connectivity index (χ3n) is 11.9. The van der Waals surface area contributed by atoms with Gasteiger partial charge in [-0.05, 0) is 109 Å². The van der Waals surface area contributed by atoms with Gasteiger partial charge in [-0.2, -0.15) is 0 Å². The van der Waals surface area contributed by atoms with Gasteiger partial charge in [-0.3, -0.25) is 4.79 Å². The van der Waals surface area contributed by atoms with Crippen molar-refractivity contribution in [3.63, 3.8) is 0 Å². The third kappa shape index (κ3) is 8.01. The van der Waals surface area contributed by atoms with Crippen molar-refractivity contribution >= 4 is 14.2 Å². The monoisotopic (exact) mass is 709 g/mol. The minimum absolute atomic E-state index is 0. The van der Waals surface area contributed by atoms with E-state index >= 15 is 0 Å². The van der Waals surface area contributed by atoms with Crippen molar-refractivity contribution in [2.24, 2.45) is 35.5 Å². The summed E-state index contributed by atoms with van der Waals surface area (Å²) in [5.41, 5.74) is 3.01. The Bertz CT molecular complexity index is 1530. The molecule has 2 aromatic carbocycles. The predicted molar refractivity (Wildman–Crippen MR) is 177 cm³/mol. The molecule has 4 aliphatic carbocycles. The molecular formula is C38H47BF4NaO6. The molecular weight excluding hydrogens is 662 g/mol. The number of halogens is 4. The van der Waals surface area contributed by atoms with Crippen molar-refractivity contribution < 1.29 is 77.4 Å². The second-order valence-electron chi connectivity index (χ2n) is 14.9. The summed E-state index contributed by atoms with van der Waals surface area (Å²) in [7, 11) is 0. The van der Waals surface area contributed by atoms with Gasteiger partial charge in [0.2, 0.25) is 0 Å². The van der Waals surface area contributed by atoms with Gasteiger partial charge in [0.15, 0.2) is 28.8 Å². The van der Waals surface area contributed by atoms with Gasteiger partial charge in [0, 0.05) is 19.9 Å². The number of Topliss-reactive ketones (excluding diaryl/α,β-unsaturated/α-hetero) is 1. The van der Waals surface area contributed by atoms with Crippen LogP contribution in [0, 0.1) is 35.5 Å². The fourth-order valence-electron chi connectivity index (χ4n) is 9.47. The van der Waals surface area contributed by atoms with E-state index in [1.54, 1.807) is 18.2 Å². The summed E-state index contributed by atoms with van der Waals surface area (Å²) in [6, 6.07) is 6.17. The Morgan fingerprint density at radius 3 is 1.68 bits per heavy atom. The molecule has 1 N–H and O–H groups in total. The molecule has 2 aliphatic heterocycles. The number of ether oxygens (including phenoxy) is 4. The Kier molecular flexibility index (Phi) is 12.2. The van der Waals surface area contributed by atoms with Crippen molar-refractivity contribution in [1.82, 2.24) is 0 Å². The van der Waals surface area contributed by atoms with E-state index in [2.05, 4.69) is 32.8 Å². The molecule has 0 aromatic heterocycles. The largest absolute Gasteiger partial charge is 1.00 e. The van der Waals surface area contributed by atoms with Gasteiger partial charge in [-0.1, -0.05) is 65.2 Å². The molecule has 0 bridgehead atoms. The molecule has 2 heterocycles. The molecule has 0 amide bonds. The number of hydrogen-bond acceptors (Lipinski definition) is 6. The molecule has 50 heavy (non-hydrogen) atoms. The minimum Gasteiger partial charge on any atom is -1.00 e. The number of fused-ring (bicyclic) bond motifs is 4. The van der Waals surface area contributed by atoms with Gasteiger partial charge in [0.1, 0.15) is 0 Å². The molecule has 3 radical (unpaired) electrons. The van der Waals surface area contributed by atoms with Gasteiger partial charge in [0.25, 0.3) is 0 Å². The van der Waals surface area contributed by atoms with E-state index in [9.17, 15) is 27.5 Å². The van der Waals surface area contributed by atoms with Gasteiger partial charge in [-0.15, -0.1) is 17.6 Å².